The monoisotopic (exact) mass is 209 g/mol. The molecule has 0 amide bonds. The van der Waals surface area contributed by atoms with Gasteiger partial charge in [-0.05, 0) is 31.7 Å². The minimum absolute atomic E-state index is 0.0858. The van der Waals surface area contributed by atoms with Crippen LogP contribution in [0.25, 0.3) is 0 Å². The van der Waals surface area contributed by atoms with Crippen molar-refractivity contribution in [2.75, 3.05) is 0 Å². The Balaban J connectivity index is 1.94. The number of carbonyl (C=O) groups excluding carboxylic acids is 1. The minimum Gasteiger partial charge on any atom is -0.327 e. The zero-order chi connectivity index (χ0) is 10.1. The number of ketones is 1. The second-order valence-electron chi connectivity index (χ2n) is 4.07. The molecule has 14 heavy (non-hydrogen) atoms. The van der Waals surface area contributed by atoms with Gasteiger partial charge in [-0.2, -0.15) is 0 Å². The summed E-state index contributed by atoms with van der Waals surface area (Å²) in [5, 5.41) is 1.93. The summed E-state index contributed by atoms with van der Waals surface area (Å²) < 4.78 is 0. The first-order valence-corrected chi connectivity index (χ1v) is 5.88. The number of hydrogen-bond acceptors (Lipinski definition) is 3. The lowest BCUT2D eigenvalue weighted by molar-refractivity contribution is 0.0972. The molecule has 2 rings (SSSR count). The molecule has 0 aromatic carbocycles. The lowest BCUT2D eigenvalue weighted by atomic mass is 10.0. The highest BCUT2D eigenvalue weighted by Crippen LogP contribution is 2.33. The van der Waals surface area contributed by atoms with Crippen molar-refractivity contribution in [1.82, 2.24) is 0 Å². The highest BCUT2D eigenvalue weighted by atomic mass is 32.1. The van der Waals surface area contributed by atoms with Crippen LogP contribution in [0.5, 0.6) is 0 Å². The molecule has 1 heterocycles. The zero-order valence-corrected chi connectivity index (χ0v) is 9.14. The van der Waals surface area contributed by atoms with E-state index in [2.05, 4.69) is 0 Å². The van der Waals surface area contributed by atoms with Crippen LogP contribution in [0, 0.1) is 12.8 Å². The average molecular weight is 209 g/mol. The summed E-state index contributed by atoms with van der Waals surface area (Å²) in [5.41, 5.74) is 6.74. The first-order chi connectivity index (χ1) is 6.66. The number of carbonyl (C=O) groups is 1. The van der Waals surface area contributed by atoms with Crippen molar-refractivity contribution in [2.45, 2.75) is 32.2 Å². The summed E-state index contributed by atoms with van der Waals surface area (Å²) in [5.74, 6) is 0.812. The molecule has 0 aliphatic heterocycles. The molecular weight excluding hydrogens is 194 g/mol. The van der Waals surface area contributed by atoms with E-state index in [9.17, 15) is 4.79 Å². The van der Waals surface area contributed by atoms with Crippen LogP contribution in [0.2, 0.25) is 0 Å². The maximum Gasteiger partial charge on any atom is 0.165 e. The van der Waals surface area contributed by atoms with E-state index >= 15 is 0 Å². The molecule has 3 heteroatoms. The van der Waals surface area contributed by atoms with Crippen LogP contribution in [0.15, 0.2) is 11.4 Å². The molecule has 1 unspecified atom stereocenters. The predicted molar refractivity (Wildman–Crippen MR) is 58.7 cm³/mol. The van der Waals surface area contributed by atoms with Gasteiger partial charge in [0, 0.05) is 28.3 Å². The van der Waals surface area contributed by atoms with Gasteiger partial charge in [0.25, 0.3) is 0 Å². The number of aryl methyl sites for hydroxylation is 1. The molecule has 1 aromatic rings. The van der Waals surface area contributed by atoms with E-state index in [-0.39, 0.29) is 11.8 Å². The SMILES string of the molecule is Cc1cc(C(=O)CC(N)C2CC2)cs1. The van der Waals surface area contributed by atoms with Gasteiger partial charge < -0.3 is 5.73 Å². The molecule has 2 nitrogen and oxygen atoms in total. The summed E-state index contributed by atoms with van der Waals surface area (Å²) >= 11 is 1.62. The van der Waals surface area contributed by atoms with Crippen molar-refractivity contribution in [1.29, 1.82) is 0 Å². The number of thiophene rings is 1. The summed E-state index contributed by atoms with van der Waals surface area (Å²) in [6.07, 6.45) is 2.93. The van der Waals surface area contributed by atoms with Crippen molar-refractivity contribution >= 4 is 17.1 Å². The first-order valence-electron chi connectivity index (χ1n) is 5.00. The molecule has 0 bridgehead atoms. The van der Waals surface area contributed by atoms with Crippen molar-refractivity contribution in [3.05, 3.63) is 21.9 Å². The van der Waals surface area contributed by atoms with Crippen molar-refractivity contribution in [2.24, 2.45) is 11.7 Å². The predicted octanol–water partition coefficient (Wildman–Crippen LogP) is 2.37. The van der Waals surface area contributed by atoms with Gasteiger partial charge in [0.2, 0.25) is 0 Å². The van der Waals surface area contributed by atoms with Crippen LogP contribution in [-0.2, 0) is 0 Å². The normalized spacial score (nSPS) is 18.1. The Bertz CT molecular complexity index is 341. The summed E-state index contributed by atoms with van der Waals surface area (Å²) in [6.45, 7) is 2.02. The smallest absolute Gasteiger partial charge is 0.165 e. The van der Waals surface area contributed by atoms with Gasteiger partial charge in [-0.15, -0.1) is 11.3 Å². The molecule has 2 N–H and O–H groups in total. The molecule has 1 aliphatic carbocycles. The Morgan fingerprint density at radius 1 is 1.71 bits per heavy atom. The highest BCUT2D eigenvalue weighted by Gasteiger charge is 2.30. The summed E-state index contributed by atoms with van der Waals surface area (Å²) in [6, 6.07) is 2.04. The lowest BCUT2D eigenvalue weighted by Crippen LogP contribution is -2.25. The summed E-state index contributed by atoms with van der Waals surface area (Å²) in [4.78, 5) is 12.9. The third-order valence-electron chi connectivity index (χ3n) is 2.70. The van der Waals surface area contributed by atoms with Crippen molar-refractivity contribution < 1.29 is 4.79 Å². The highest BCUT2D eigenvalue weighted by molar-refractivity contribution is 7.10. The fourth-order valence-electron chi connectivity index (χ4n) is 1.61. The van der Waals surface area contributed by atoms with Crippen molar-refractivity contribution in [3.63, 3.8) is 0 Å². The molecule has 0 saturated heterocycles. The topological polar surface area (TPSA) is 43.1 Å². The van der Waals surface area contributed by atoms with Crippen LogP contribution >= 0.6 is 11.3 Å². The molecule has 0 spiro atoms. The molecule has 1 aliphatic rings. The van der Waals surface area contributed by atoms with E-state index in [1.165, 1.54) is 17.7 Å². The van der Waals surface area contributed by atoms with Gasteiger partial charge in [0.15, 0.2) is 5.78 Å². The van der Waals surface area contributed by atoms with Gasteiger partial charge in [-0.25, -0.2) is 0 Å². The van der Waals surface area contributed by atoms with Crippen molar-refractivity contribution in [3.8, 4) is 0 Å². The Hall–Kier alpha value is -0.670. The third kappa shape index (κ3) is 2.22. The van der Waals surface area contributed by atoms with E-state index < -0.39 is 0 Å². The molecule has 0 radical (unpaired) electrons. The molecule has 1 aromatic heterocycles. The van der Waals surface area contributed by atoms with E-state index in [0.29, 0.717) is 12.3 Å². The maximum atomic E-state index is 11.7. The Kier molecular flexibility index (Phi) is 2.70. The minimum atomic E-state index is 0.0858. The van der Waals surface area contributed by atoms with E-state index in [4.69, 9.17) is 5.73 Å². The van der Waals surface area contributed by atoms with Gasteiger partial charge in [0.05, 0.1) is 0 Å². The fourth-order valence-corrected chi connectivity index (χ4v) is 2.32. The standard InChI is InChI=1S/C11H15NOS/c1-7-4-9(6-14-7)11(13)5-10(12)8-2-3-8/h4,6,8,10H,2-3,5,12H2,1H3. The summed E-state index contributed by atoms with van der Waals surface area (Å²) in [7, 11) is 0. The van der Waals surface area contributed by atoms with Crippen LogP contribution in [-0.4, -0.2) is 11.8 Å². The number of rotatable bonds is 4. The zero-order valence-electron chi connectivity index (χ0n) is 8.32. The molecule has 1 fully saturated rings. The van der Waals surface area contributed by atoms with Crippen LogP contribution in [0.4, 0.5) is 0 Å². The van der Waals surface area contributed by atoms with Gasteiger partial charge >= 0.3 is 0 Å². The Labute approximate surface area is 88.1 Å². The third-order valence-corrected chi connectivity index (χ3v) is 3.56. The average Bonchev–Trinajstić information content (AvgIpc) is 2.89. The fraction of sp³-hybridized carbons (Fsp3) is 0.545. The van der Waals surface area contributed by atoms with Gasteiger partial charge in [-0.3, -0.25) is 4.79 Å². The van der Waals surface area contributed by atoms with Crippen LogP contribution < -0.4 is 5.73 Å². The number of hydrogen-bond donors (Lipinski definition) is 1. The molecular formula is C11H15NOS. The first kappa shape index (κ1) is 9.87. The van der Waals surface area contributed by atoms with Gasteiger partial charge in [0.1, 0.15) is 0 Å². The number of Topliss-reactive ketones (excluding diaryl/α,β-unsaturated/α-hetero) is 1. The van der Waals surface area contributed by atoms with E-state index in [1.54, 1.807) is 11.3 Å². The Morgan fingerprint density at radius 2 is 2.43 bits per heavy atom. The number of nitrogens with two attached hydrogens (primary N) is 1. The molecule has 1 saturated carbocycles. The van der Waals surface area contributed by atoms with Crippen LogP contribution in [0.3, 0.4) is 0 Å². The second kappa shape index (κ2) is 3.83. The second-order valence-corrected chi connectivity index (χ2v) is 5.19. The molecule has 1 atom stereocenters. The van der Waals surface area contributed by atoms with E-state index in [1.807, 2.05) is 18.4 Å². The van der Waals surface area contributed by atoms with E-state index in [0.717, 1.165) is 5.56 Å². The Morgan fingerprint density at radius 3 is 2.93 bits per heavy atom. The van der Waals surface area contributed by atoms with Gasteiger partial charge in [-0.1, -0.05) is 0 Å². The quantitative estimate of drug-likeness (QED) is 0.774. The maximum absolute atomic E-state index is 11.7. The molecule has 76 valence electrons. The van der Waals surface area contributed by atoms with Crippen LogP contribution in [0.1, 0.15) is 34.5 Å². The largest absolute Gasteiger partial charge is 0.327 e. The lowest BCUT2D eigenvalue weighted by Gasteiger charge is -2.07.